The van der Waals surface area contributed by atoms with E-state index in [0.29, 0.717) is 21.4 Å². The van der Waals surface area contributed by atoms with E-state index < -0.39 is 15.1 Å². The van der Waals surface area contributed by atoms with Crippen LogP contribution in [0.5, 0.6) is 0 Å². The van der Waals surface area contributed by atoms with E-state index in [4.69, 9.17) is 6.30 Å². The van der Waals surface area contributed by atoms with Gasteiger partial charge in [0.2, 0.25) is 0 Å². The van der Waals surface area contributed by atoms with Crippen LogP contribution in [0.2, 0.25) is 0 Å². The highest BCUT2D eigenvalue weighted by molar-refractivity contribution is 7.73. The van der Waals surface area contributed by atoms with E-state index in [1.165, 1.54) is 18.5 Å². The van der Waals surface area contributed by atoms with Crippen molar-refractivity contribution >= 4 is 27.7 Å². The molecule has 23 heavy (non-hydrogen) atoms. The first-order valence-electron chi connectivity index (χ1n) is 9.61. The molecule has 2 aliphatic carbocycles. The minimum Gasteiger partial charge on any atom is -0.121 e. The van der Waals surface area contributed by atoms with Gasteiger partial charge in [-0.25, -0.2) is 0 Å². The van der Waals surface area contributed by atoms with Crippen LogP contribution in [0.15, 0.2) is 0 Å². The van der Waals surface area contributed by atoms with Gasteiger partial charge in [0.15, 0.2) is 0 Å². The van der Waals surface area contributed by atoms with Crippen LogP contribution >= 0.6 is 15.1 Å². The molecule has 0 radical (unpaired) electrons. The number of fused-ring (bicyclic) bond motifs is 1. The van der Waals surface area contributed by atoms with Gasteiger partial charge in [0.1, 0.15) is 0 Å². The molecule has 2 aliphatic rings. The normalized spacial score (nSPS) is 40.5. The molecule has 6 atom stereocenters. The van der Waals surface area contributed by atoms with Crippen molar-refractivity contribution in [2.45, 2.75) is 73.9 Å². The predicted molar refractivity (Wildman–Crippen MR) is 117 cm³/mol. The number of rotatable bonds is 6. The highest BCUT2D eigenvalue weighted by Gasteiger charge is 2.81. The molecule has 2 saturated carbocycles. The first kappa shape index (κ1) is 19.9. The zero-order chi connectivity index (χ0) is 18.0. The van der Waals surface area contributed by atoms with Gasteiger partial charge in [0, 0.05) is 0 Å². The van der Waals surface area contributed by atoms with Crippen molar-refractivity contribution in [2.24, 2.45) is 34.0 Å². The number of hydrogen-bond acceptors (Lipinski definition) is 0. The van der Waals surface area contributed by atoms with Crippen molar-refractivity contribution in [3.63, 3.8) is 0 Å². The lowest BCUT2D eigenvalue weighted by Gasteiger charge is -2.43. The van der Waals surface area contributed by atoms with E-state index in [1.54, 1.807) is 0 Å². The van der Waals surface area contributed by atoms with Crippen LogP contribution in [-0.2, 0) is 0 Å². The molecule has 0 saturated heterocycles. The summed E-state index contributed by atoms with van der Waals surface area (Å²) in [6.45, 7) is 22.6. The van der Waals surface area contributed by atoms with Gasteiger partial charge in [0.25, 0.3) is 0 Å². The Labute approximate surface area is 148 Å². The van der Waals surface area contributed by atoms with Crippen LogP contribution in [0.3, 0.4) is 0 Å². The Hall–Kier alpha value is 0.600. The van der Waals surface area contributed by atoms with Crippen molar-refractivity contribution in [2.75, 3.05) is 12.1 Å². The lowest BCUT2D eigenvalue weighted by atomic mass is 9.65. The van der Waals surface area contributed by atoms with Crippen molar-refractivity contribution in [3.05, 3.63) is 0 Å². The maximum Gasteiger partial charge on any atom is -0.0168 e. The molecule has 2 heteroatoms. The fourth-order valence-electron chi connectivity index (χ4n) is 6.33. The largest absolute Gasteiger partial charge is 0.121 e. The lowest BCUT2D eigenvalue weighted by Crippen LogP contribution is -2.36. The Kier molecular flexibility index (Phi) is 5.03. The van der Waals surface area contributed by atoms with Gasteiger partial charge in [-0.05, 0) is 57.6 Å². The molecule has 0 aliphatic heterocycles. The standard InChI is InChI=1S/C21H42P2/c1-12-22(10)14-23(11)18(4,5)13-21-16(3)19(6,7)15(2)17(21)20(21,8)9/h15-17,22-23H,10-14H2,1-9H3/t15-,16+,17+,21+/m1/s1. The topological polar surface area (TPSA) is 0 Å². The van der Waals surface area contributed by atoms with E-state index in [9.17, 15) is 0 Å². The predicted octanol–water partition coefficient (Wildman–Crippen LogP) is 6.38. The van der Waals surface area contributed by atoms with Gasteiger partial charge in [-0.1, -0.05) is 62.3 Å². The SMILES string of the molecule is C=[PH](CC)C[PH](=C)C(C)(C)C[C@]12[C@@H](C)C(C)(C)[C@H](C)[C@H]1C2(C)C. The first-order valence-corrected chi connectivity index (χ1v) is 13.6. The van der Waals surface area contributed by atoms with Crippen LogP contribution in [0.4, 0.5) is 0 Å². The summed E-state index contributed by atoms with van der Waals surface area (Å²) < 4.78 is 0. The van der Waals surface area contributed by atoms with E-state index in [0.717, 1.165) is 17.8 Å². The Morgan fingerprint density at radius 2 is 1.57 bits per heavy atom. The van der Waals surface area contributed by atoms with Crippen LogP contribution < -0.4 is 0 Å². The Balaban J connectivity index is 2.28. The molecule has 0 aromatic rings. The maximum atomic E-state index is 4.70. The quantitative estimate of drug-likeness (QED) is 0.484. The summed E-state index contributed by atoms with van der Waals surface area (Å²) in [4.78, 5) is 0. The maximum absolute atomic E-state index is 4.70. The molecule has 0 amide bonds. The molecule has 0 N–H and O–H groups in total. The van der Waals surface area contributed by atoms with Gasteiger partial charge in [-0.2, -0.15) is 0 Å². The molecular weight excluding hydrogens is 314 g/mol. The highest BCUT2D eigenvalue weighted by Crippen LogP contribution is 2.86. The Morgan fingerprint density at radius 3 is 2.00 bits per heavy atom. The summed E-state index contributed by atoms with van der Waals surface area (Å²) in [7, 11) is -0.961. The summed E-state index contributed by atoms with van der Waals surface area (Å²) in [5.74, 6) is 3.93. The molecule has 0 aromatic heterocycles. The van der Waals surface area contributed by atoms with E-state index in [1.807, 2.05) is 0 Å². The summed E-state index contributed by atoms with van der Waals surface area (Å²) >= 11 is 0. The lowest BCUT2D eigenvalue weighted by molar-refractivity contribution is 0.0871. The second kappa shape index (κ2) is 5.81. The molecule has 2 fully saturated rings. The van der Waals surface area contributed by atoms with Crippen LogP contribution in [-0.4, -0.2) is 29.8 Å². The van der Waals surface area contributed by atoms with Crippen molar-refractivity contribution in [1.29, 1.82) is 0 Å². The van der Waals surface area contributed by atoms with Gasteiger partial charge >= 0.3 is 0 Å². The van der Waals surface area contributed by atoms with Crippen LogP contribution in [0, 0.1) is 34.0 Å². The Morgan fingerprint density at radius 1 is 1.04 bits per heavy atom. The van der Waals surface area contributed by atoms with E-state index >= 15 is 0 Å². The highest BCUT2D eigenvalue weighted by atomic mass is 31.2. The van der Waals surface area contributed by atoms with Crippen molar-refractivity contribution < 1.29 is 0 Å². The van der Waals surface area contributed by atoms with E-state index in [-0.39, 0.29) is 0 Å². The van der Waals surface area contributed by atoms with Crippen LogP contribution in [0.1, 0.15) is 68.7 Å². The minimum absolute atomic E-state index is 0.392. The van der Waals surface area contributed by atoms with Gasteiger partial charge in [-0.3, -0.25) is 0 Å². The second-order valence-electron chi connectivity index (χ2n) is 10.5. The smallest absolute Gasteiger partial charge is 0.0168 e. The fourth-order valence-corrected chi connectivity index (χ4v) is 12.2. The third kappa shape index (κ3) is 2.70. The van der Waals surface area contributed by atoms with Gasteiger partial charge in [-0.15, -0.1) is 27.7 Å². The molecule has 2 unspecified atom stereocenters. The molecule has 136 valence electrons. The fraction of sp³-hybridized carbons (Fsp3) is 0.905. The average molecular weight is 357 g/mol. The monoisotopic (exact) mass is 356 g/mol. The first-order chi connectivity index (χ1) is 10.3. The third-order valence-electron chi connectivity index (χ3n) is 8.67. The molecule has 2 rings (SSSR count). The van der Waals surface area contributed by atoms with Crippen LogP contribution in [0.25, 0.3) is 0 Å². The van der Waals surface area contributed by atoms with Crippen molar-refractivity contribution in [1.82, 2.24) is 0 Å². The average Bonchev–Trinajstić information content (AvgIpc) is 2.85. The molecular formula is C21H42P2. The summed E-state index contributed by atoms with van der Waals surface area (Å²) in [5, 5.41) is 0.424. The Bertz CT molecular complexity index is 522. The summed E-state index contributed by atoms with van der Waals surface area (Å²) in [6.07, 6.45) is 11.8. The molecule has 0 bridgehead atoms. The molecule has 0 spiro atoms. The minimum atomic E-state index is -0.569. The molecule has 0 nitrogen and oxygen atoms in total. The summed E-state index contributed by atoms with van der Waals surface area (Å²) in [6, 6.07) is 0. The zero-order valence-electron chi connectivity index (χ0n) is 17.3. The van der Waals surface area contributed by atoms with Gasteiger partial charge in [0.05, 0.1) is 0 Å². The zero-order valence-corrected chi connectivity index (χ0v) is 19.3. The van der Waals surface area contributed by atoms with E-state index in [2.05, 4.69) is 68.6 Å². The van der Waals surface area contributed by atoms with Crippen molar-refractivity contribution in [3.8, 4) is 0 Å². The third-order valence-corrected chi connectivity index (χ3v) is 15.5. The van der Waals surface area contributed by atoms with Gasteiger partial charge < -0.3 is 0 Å². The molecule has 0 heterocycles. The molecule has 0 aromatic carbocycles. The second-order valence-corrected chi connectivity index (χ2v) is 16.7. The number of hydrogen-bond donors (Lipinski definition) is 0. The summed E-state index contributed by atoms with van der Waals surface area (Å²) in [5.41, 5.74) is 1.55.